The van der Waals surface area contributed by atoms with Crippen molar-refractivity contribution in [3.05, 3.63) is 135 Å². The van der Waals surface area contributed by atoms with E-state index in [4.69, 9.17) is 16.3 Å². The molecule has 1 N–H and O–H groups in total. The van der Waals surface area contributed by atoms with Crippen LogP contribution < -0.4 is 14.6 Å². The molecule has 0 saturated heterocycles. The highest BCUT2D eigenvalue weighted by molar-refractivity contribution is 7.89. The quantitative estimate of drug-likeness (QED) is 0.172. The number of fused-ring (bicyclic) bond motifs is 6. The van der Waals surface area contributed by atoms with E-state index in [9.17, 15) is 13.2 Å². The predicted molar refractivity (Wildman–Crippen MR) is 192 cm³/mol. The number of halogens is 1. The summed E-state index contributed by atoms with van der Waals surface area (Å²) < 4.78 is 37.1. The van der Waals surface area contributed by atoms with Crippen molar-refractivity contribution in [2.45, 2.75) is 57.5 Å². The molecule has 1 unspecified atom stereocenters. The SMILES string of the molecule is Cc1ccc(S(=O)(=O)NC(Cc2cc(C)cc3c2-c2cc4c(c([Si](C)(C)C)c2CO3)C(=O)c2ccccc2-4)c2ccc(Cl)cc2)cc1. The van der Waals surface area contributed by atoms with Crippen LogP contribution in [-0.2, 0) is 23.1 Å². The van der Waals surface area contributed by atoms with Crippen LogP contribution in [0.2, 0.25) is 24.7 Å². The zero-order chi connectivity index (χ0) is 33.2. The number of sulfonamides is 1. The maximum Gasteiger partial charge on any atom is 0.241 e. The maximum atomic E-state index is 13.9. The molecule has 5 nitrogen and oxygen atoms in total. The minimum atomic E-state index is -3.87. The monoisotopic (exact) mass is 677 g/mol. The zero-order valence-electron chi connectivity index (χ0n) is 27.1. The Kier molecular flexibility index (Phi) is 7.79. The van der Waals surface area contributed by atoms with Crippen molar-refractivity contribution >= 4 is 40.7 Å². The van der Waals surface area contributed by atoms with Crippen LogP contribution in [0, 0.1) is 13.8 Å². The number of benzene rings is 5. The van der Waals surface area contributed by atoms with Gasteiger partial charge in [0, 0.05) is 21.7 Å². The molecule has 1 atom stereocenters. The molecule has 8 heteroatoms. The van der Waals surface area contributed by atoms with Gasteiger partial charge in [0.15, 0.2) is 5.78 Å². The third kappa shape index (κ3) is 5.65. The second-order valence-electron chi connectivity index (χ2n) is 13.7. The highest BCUT2D eigenvalue weighted by atomic mass is 35.5. The number of rotatable bonds is 7. The maximum absolute atomic E-state index is 13.9. The molecule has 0 bridgehead atoms. The van der Waals surface area contributed by atoms with Gasteiger partial charge in [-0.2, -0.15) is 0 Å². The van der Waals surface area contributed by atoms with Gasteiger partial charge in [-0.15, -0.1) is 0 Å². The number of hydrogen-bond acceptors (Lipinski definition) is 4. The lowest BCUT2D eigenvalue weighted by molar-refractivity contribution is 0.104. The first kappa shape index (κ1) is 31.6. The molecule has 238 valence electrons. The number of ketones is 1. The van der Waals surface area contributed by atoms with E-state index in [2.05, 4.69) is 42.6 Å². The molecular formula is C39H36ClNO4SSi. The van der Waals surface area contributed by atoms with E-state index in [1.54, 1.807) is 36.4 Å². The highest BCUT2D eigenvalue weighted by Gasteiger charge is 2.39. The largest absolute Gasteiger partial charge is 0.488 e. The van der Waals surface area contributed by atoms with Gasteiger partial charge < -0.3 is 4.74 Å². The number of nitrogens with one attached hydrogen (secondary N) is 1. The van der Waals surface area contributed by atoms with Gasteiger partial charge in [-0.05, 0) is 101 Å². The van der Waals surface area contributed by atoms with Crippen LogP contribution >= 0.6 is 11.6 Å². The van der Waals surface area contributed by atoms with E-state index in [0.29, 0.717) is 18.1 Å². The van der Waals surface area contributed by atoms with Crippen LogP contribution in [0.1, 0.15) is 49.8 Å². The molecule has 1 aliphatic carbocycles. The molecule has 0 aromatic heterocycles. The van der Waals surface area contributed by atoms with Crippen LogP contribution in [0.3, 0.4) is 0 Å². The molecule has 0 spiro atoms. The lowest BCUT2D eigenvalue weighted by Crippen LogP contribution is -2.44. The van der Waals surface area contributed by atoms with Crippen molar-refractivity contribution in [1.82, 2.24) is 4.72 Å². The van der Waals surface area contributed by atoms with Crippen molar-refractivity contribution in [3.63, 3.8) is 0 Å². The standard InChI is InChI=1S/C39H36ClNO4SSi/c1-23-10-16-28(17-11-23)46(43,44)41-34(25-12-14-27(40)15-13-25)20-26-18-24(2)19-35-36(26)32-21-31-29-8-6-7-9-30(29)38(42)37(31)39(47(3,4)5)33(32)22-45-35/h6-19,21,34,41H,20,22H2,1-5H3. The topological polar surface area (TPSA) is 72.5 Å². The van der Waals surface area contributed by atoms with Gasteiger partial charge in [-0.3, -0.25) is 4.79 Å². The predicted octanol–water partition coefficient (Wildman–Crippen LogP) is 8.54. The third-order valence-electron chi connectivity index (χ3n) is 9.17. The molecule has 47 heavy (non-hydrogen) atoms. The Hall–Kier alpha value is -4.01. The average Bonchev–Trinajstić information content (AvgIpc) is 3.30. The Morgan fingerprint density at radius 3 is 2.17 bits per heavy atom. The third-order valence-corrected chi connectivity index (χ3v) is 13.0. The number of ether oxygens (including phenoxy) is 1. The second kappa shape index (κ2) is 11.6. The average molecular weight is 678 g/mol. The van der Waals surface area contributed by atoms with Crippen molar-refractivity contribution in [2.75, 3.05) is 0 Å². The van der Waals surface area contributed by atoms with Crippen LogP contribution in [0.15, 0.2) is 95.9 Å². The molecule has 5 aromatic rings. The molecular weight excluding hydrogens is 642 g/mol. The van der Waals surface area contributed by atoms with Crippen molar-refractivity contribution in [3.8, 4) is 28.0 Å². The van der Waals surface area contributed by atoms with E-state index in [1.165, 1.54) is 0 Å². The van der Waals surface area contributed by atoms with Gasteiger partial charge in [0.2, 0.25) is 10.0 Å². The van der Waals surface area contributed by atoms with E-state index in [1.807, 2.05) is 50.2 Å². The second-order valence-corrected chi connectivity index (χ2v) is 20.8. The van der Waals surface area contributed by atoms with Crippen molar-refractivity contribution in [1.29, 1.82) is 0 Å². The van der Waals surface area contributed by atoms with Crippen LogP contribution in [0.25, 0.3) is 22.3 Å². The smallest absolute Gasteiger partial charge is 0.241 e. The summed E-state index contributed by atoms with van der Waals surface area (Å²) in [5.41, 5.74) is 10.3. The van der Waals surface area contributed by atoms with Crippen LogP contribution in [0.4, 0.5) is 0 Å². The molecule has 2 aliphatic rings. The molecule has 0 amide bonds. The summed E-state index contributed by atoms with van der Waals surface area (Å²) in [5.74, 6) is 0.849. The summed E-state index contributed by atoms with van der Waals surface area (Å²) in [6.07, 6.45) is 0.369. The lowest BCUT2D eigenvalue weighted by atomic mass is 9.85. The van der Waals surface area contributed by atoms with E-state index < -0.39 is 24.1 Å². The van der Waals surface area contributed by atoms with Gasteiger partial charge in [0.25, 0.3) is 0 Å². The molecule has 0 fully saturated rings. The van der Waals surface area contributed by atoms with Gasteiger partial charge in [0.05, 0.1) is 19.0 Å². The zero-order valence-corrected chi connectivity index (χ0v) is 29.6. The van der Waals surface area contributed by atoms with E-state index in [0.717, 1.165) is 72.1 Å². The Morgan fingerprint density at radius 1 is 0.809 bits per heavy atom. The lowest BCUT2D eigenvalue weighted by Gasteiger charge is -2.32. The summed E-state index contributed by atoms with van der Waals surface area (Å²) in [6, 6.07) is 27.8. The molecule has 0 radical (unpaired) electrons. The van der Waals surface area contributed by atoms with Gasteiger partial charge in [-0.1, -0.05) is 91.4 Å². The summed E-state index contributed by atoms with van der Waals surface area (Å²) in [7, 11) is -5.93. The molecule has 5 aromatic carbocycles. The Labute approximate surface area is 282 Å². The Bertz CT molecular complexity index is 2190. The number of aryl methyl sites for hydroxylation is 2. The van der Waals surface area contributed by atoms with Crippen molar-refractivity contribution in [2.24, 2.45) is 0 Å². The summed E-state index contributed by atoms with van der Waals surface area (Å²) >= 11 is 6.26. The van der Waals surface area contributed by atoms with Gasteiger partial charge in [0.1, 0.15) is 12.4 Å². The highest BCUT2D eigenvalue weighted by Crippen LogP contribution is 2.47. The minimum absolute atomic E-state index is 0.0825. The fraction of sp³-hybridized carbons (Fsp3) is 0.205. The Morgan fingerprint density at radius 2 is 1.49 bits per heavy atom. The fourth-order valence-electron chi connectivity index (χ4n) is 7.10. The molecule has 1 aliphatic heterocycles. The Balaban J connectivity index is 1.42. The first-order valence-corrected chi connectivity index (χ1v) is 21.1. The molecule has 0 saturated carbocycles. The number of hydrogen-bond donors (Lipinski definition) is 1. The number of carbonyl (C=O) groups excluding carboxylic acids is 1. The summed E-state index contributed by atoms with van der Waals surface area (Å²) in [5, 5.41) is 1.71. The van der Waals surface area contributed by atoms with Crippen LogP contribution in [-0.4, -0.2) is 22.3 Å². The number of carbonyl (C=O) groups is 1. The summed E-state index contributed by atoms with van der Waals surface area (Å²) in [4.78, 5) is 14.1. The van der Waals surface area contributed by atoms with Gasteiger partial charge in [-0.25, -0.2) is 13.1 Å². The van der Waals surface area contributed by atoms with Crippen LogP contribution in [0.5, 0.6) is 5.75 Å². The van der Waals surface area contributed by atoms with E-state index in [-0.39, 0.29) is 10.7 Å². The first-order valence-electron chi connectivity index (χ1n) is 15.8. The molecule has 7 rings (SSSR count). The minimum Gasteiger partial charge on any atom is -0.488 e. The van der Waals surface area contributed by atoms with Crippen molar-refractivity contribution < 1.29 is 17.9 Å². The summed E-state index contributed by atoms with van der Waals surface area (Å²) in [6.45, 7) is 11.2. The van der Waals surface area contributed by atoms with Gasteiger partial charge >= 0.3 is 0 Å². The normalized spacial score (nSPS) is 14.1. The first-order chi connectivity index (χ1) is 22.3. The molecule has 1 heterocycles. The fourth-order valence-corrected chi connectivity index (χ4v) is 10.6. The van der Waals surface area contributed by atoms with E-state index >= 15 is 0 Å².